The van der Waals surface area contributed by atoms with Gasteiger partial charge in [-0.2, -0.15) is 9.36 Å². The number of aromatic nitrogens is 4. The molecule has 1 saturated heterocycles. The molecule has 6 N–H and O–H groups in total. The minimum Gasteiger partial charge on any atom is -0.477 e. The number of fused-ring (bicyclic) bond motifs is 1. The largest absolute Gasteiger partial charge is 0.477 e. The van der Waals surface area contributed by atoms with Crippen LogP contribution in [-0.2, 0) is 25.8 Å². The standard InChI is InChI=1S/C16H17N9O5S4/c1-30-23-7(10-20-15(18)34-24-10)11(26)19-8-12(27)25-9(14(28)29)5(3-31-13(8)25)4-32-16-22-21-6(2-17)33-16/h8,13H,2-4,17H2,1H3,(H,19,26)(H,28,29)(H2,18,20,24)/t8?,13-/m1/s1. The van der Waals surface area contributed by atoms with Crippen molar-refractivity contribution in [2.45, 2.75) is 22.3 Å². The van der Waals surface area contributed by atoms with Crippen LogP contribution in [0.15, 0.2) is 20.8 Å². The Labute approximate surface area is 208 Å². The van der Waals surface area contributed by atoms with E-state index in [4.69, 9.17) is 16.3 Å². The summed E-state index contributed by atoms with van der Waals surface area (Å²) in [4.78, 5) is 47.4. The maximum absolute atomic E-state index is 12.9. The van der Waals surface area contributed by atoms with Crippen molar-refractivity contribution in [1.82, 2.24) is 29.8 Å². The highest BCUT2D eigenvalue weighted by atomic mass is 32.2. The van der Waals surface area contributed by atoms with Gasteiger partial charge in [-0.25, -0.2) is 4.79 Å². The second-order valence-corrected chi connectivity index (χ2v) is 10.8. The number of carboxylic acid groups (broad SMARTS) is 1. The Bertz CT molecular complexity index is 1200. The van der Waals surface area contributed by atoms with Gasteiger partial charge in [0, 0.05) is 29.6 Å². The maximum Gasteiger partial charge on any atom is 0.352 e. The summed E-state index contributed by atoms with van der Waals surface area (Å²) in [5, 5.41) is 24.2. The molecule has 0 spiro atoms. The van der Waals surface area contributed by atoms with Gasteiger partial charge in [0.25, 0.3) is 11.8 Å². The monoisotopic (exact) mass is 543 g/mol. The second-order valence-electron chi connectivity index (χ2n) is 6.65. The summed E-state index contributed by atoms with van der Waals surface area (Å²) in [6.45, 7) is 0.275. The number of anilines is 1. The number of amides is 2. The number of oxime groups is 1. The molecule has 2 aromatic heterocycles. The van der Waals surface area contributed by atoms with E-state index in [9.17, 15) is 19.5 Å². The summed E-state index contributed by atoms with van der Waals surface area (Å²) in [5.74, 6) is -1.87. The molecule has 4 heterocycles. The van der Waals surface area contributed by atoms with E-state index in [-0.39, 0.29) is 28.9 Å². The second kappa shape index (κ2) is 10.2. The van der Waals surface area contributed by atoms with E-state index < -0.39 is 29.2 Å². The number of carbonyl (C=O) groups is 3. The Morgan fingerprint density at radius 1 is 1.41 bits per heavy atom. The number of nitrogens with two attached hydrogens (primary N) is 2. The van der Waals surface area contributed by atoms with Crippen LogP contribution in [0.5, 0.6) is 0 Å². The first-order chi connectivity index (χ1) is 16.3. The van der Waals surface area contributed by atoms with Gasteiger partial charge in [0.05, 0.1) is 0 Å². The molecule has 18 heteroatoms. The van der Waals surface area contributed by atoms with Gasteiger partial charge in [-0.3, -0.25) is 14.5 Å². The molecule has 180 valence electrons. The molecule has 2 aliphatic rings. The lowest BCUT2D eigenvalue weighted by molar-refractivity contribution is -0.150. The summed E-state index contributed by atoms with van der Waals surface area (Å²) >= 11 is 4.89. The Hall–Kier alpha value is -2.80. The molecule has 2 aromatic rings. The summed E-state index contributed by atoms with van der Waals surface area (Å²) in [7, 11) is 1.25. The van der Waals surface area contributed by atoms with Crippen LogP contribution in [0.25, 0.3) is 0 Å². The van der Waals surface area contributed by atoms with Crippen molar-refractivity contribution in [3.63, 3.8) is 0 Å². The van der Waals surface area contributed by atoms with Crippen LogP contribution in [0.2, 0.25) is 0 Å². The Morgan fingerprint density at radius 2 is 2.21 bits per heavy atom. The molecule has 1 unspecified atom stereocenters. The van der Waals surface area contributed by atoms with Gasteiger partial charge in [0.15, 0.2) is 9.47 Å². The molecule has 0 aromatic carbocycles. The number of nitrogen functional groups attached to an aromatic ring is 1. The molecule has 0 radical (unpaired) electrons. The topological polar surface area (TPSA) is 212 Å². The number of hydrogen-bond acceptors (Lipinski definition) is 15. The Morgan fingerprint density at radius 3 is 2.82 bits per heavy atom. The lowest BCUT2D eigenvalue weighted by Gasteiger charge is -2.49. The van der Waals surface area contributed by atoms with Crippen molar-refractivity contribution in [1.29, 1.82) is 0 Å². The van der Waals surface area contributed by atoms with Gasteiger partial charge in [-0.15, -0.1) is 22.0 Å². The average Bonchev–Trinajstić information content (AvgIpc) is 3.47. The first-order valence-corrected chi connectivity index (χ1v) is 13.0. The van der Waals surface area contributed by atoms with E-state index in [0.29, 0.717) is 26.4 Å². The maximum atomic E-state index is 12.9. The summed E-state index contributed by atoms with van der Waals surface area (Å²) in [6, 6.07) is -0.950. The molecule has 34 heavy (non-hydrogen) atoms. The molecule has 14 nitrogen and oxygen atoms in total. The van der Waals surface area contributed by atoms with E-state index in [1.165, 1.54) is 46.9 Å². The number of nitrogens with one attached hydrogen (secondary N) is 1. The van der Waals surface area contributed by atoms with Gasteiger partial charge in [0.1, 0.15) is 29.2 Å². The van der Waals surface area contributed by atoms with Gasteiger partial charge < -0.3 is 26.7 Å². The number of hydrogen-bond donors (Lipinski definition) is 4. The minimum absolute atomic E-state index is 0.0401. The van der Waals surface area contributed by atoms with Gasteiger partial charge in [0.2, 0.25) is 11.5 Å². The van der Waals surface area contributed by atoms with Crippen LogP contribution in [-0.4, -0.2) is 83.1 Å². The number of carbonyl (C=O) groups excluding carboxylic acids is 2. The van der Waals surface area contributed by atoms with E-state index >= 15 is 0 Å². The Kier molecular flexibility index (Phi) is 7.31. The molecule has 1 fully saturated rings. The van der Waals surface area contributed by atoms with Crippen molar-refractivity contribution in [2.75, 3.05) is 24.3 Å². The molecule has 4 rings (SSSR count). The van der Waals surface area contributed by atoms with Gasteiger partial charge >= 0.3 is 5.97 Å². The van der Waals surface area contributed by atoms with Crippen LogP contribution in [0.4, 0.5) is 5.13 Å². The average molecular weight is 544 g/mol. The first-order valence-electron chi connectivity index (χ1n) is 9.40. The minimum atomic E-state index is -1.22. The number of thioether (sulfide) groups is 2. The smallest absolute Gasteiger partial charge is 0.352 e. The van der Waals surface area contributed by atoms with Crippen LogP contribution in [0, 0.1) is 0 Å². The zero-order valence-corrected chi connectivity index (χ0v) is 20.6. The summed E-state index contributed by atoms with van der Waals surface area (Å²) < 4.78 is 4.59. The van der Waals surface area contributed by atoms with Crippen molar-refractivity contribution in [3.8, 4) is 0 Å². The Balaban J connectivity index is 1.48. The predicted octanol–water partition coefficient (Wildman–Crippen LogP) is -0.688. The highest BCUT2D eigenvalue weighted by Gasteiger charge is 2.54. The quantitative estimate of drug-likeness (QED) is 0.134. The number of β-lactam (4-membered cyclic amide) rings is 1. The molecular formula is C16H17N9O5S4. The van der Waals surface area contributed by atoms with E-state index in [0.717, 1.165) is 11.5 Å². The highest BCUT2D eigenvalue weighted by molar-refractivity contribution is 8.01. The van der Waals surface area contributed by atoms with Crippen molar-refractivity contribution in [3.05, 3.63) is 22.1 Å². The number of nitrogens with zero attached hydrogens (tertiary/aromatic N) is 6. The molecule has 0 bridgehead atoms. The van der Waals surface area contributed by atoms with Crippen LogP contribution >= 0.6 is 46.4 Å². The van der Waals surface area contributed by atoms with Crippen molar-refractivity contribution in [2.24, 2.45) is 10.9 Å². The van der Waals surface area contributed by atoms with Crippen LogP contribution in [0.3, 0.4) is 0 Å². The van der Waals surface area contributed by atoms with Crippen LogP contribution < -0.4 is 16.8 Å². The number of aliphatic carboxylic acids is 1. The molecular weight excluding hydrogens is 527 g/mol. The lowest BCUT2D eigenvalue weighted by Crippen LogP contribution is -2.71. The molecule has 2 amide bonds. The third kappa shape index (κ3) is 4.71. The highest BCUT2D eigenvalue weighted by Crippen LogP contribution is 2.41. The fourth-order valence-corrected chi connectivity index (χ4v) is 6.83. The zero-order chi connectivity index (χ0) is 24.4. The molecule has 0 saturated carbocycles. The third-order valence-electron chi connectivity index (χ3n) is 4.58. The van der Waals surface area contributed by atoms with Crippen LogP contribution in [0.1, 0.15) is 10.8 Å². The number of rotatable bonds is 9. The molecule has 0 aliphatic carbocycles. The van der Waals surface area contributed by atoms with Crippen molar-refractivity contribution >= 4 is 75.0 Å². The fraction of sp³-hybridized carbons (Fsp3) is 0.375. The summed E-state index contributed by atoms with van der Waals surface area (Å²) in [5.41, 5.74) is 11.3. The van der Waals surface area contributed by atoms with E-state index in [2.05, 4.69) is 30.0 Å². The zero-order valence-electron chi connectivity index (χ0n) is 17.3. The summed E-state index contributed by atoms with van der Waals surface area (Å²) in [6.07, 6.45) is 0. The third-order valence-corrected chi connectivity index (χ3v) is 8.63. The predicted molar refractivity (Wildman–Crippen MR) is 126 cm³/mol. The van der Waals surface area contributed by atoms with Gasteiger partial charge in [-0.1, -0.05) is 28.3 Å². The van der Waals surface area contributed by atoms with Gasteiger partial charge in [-0.05, 0) is 5.57 Å². The fourth-order valence-electron chi connectivity index (χ4n) is 3.14. The lowest BCUT2D eigenvalue weighted by atomic mass is 10.0. The van der Waals surface area contributed by atoms with E-state index in [1.807, 2.05) is 0 Å². The molecule has 2 aliphatic heterocycles. The molecule has 2 atom stereocenters. The van der Waals surface area contributed by atoms with E-state index in [1.54, 1.807) is 0 Å². The normalized spacial score (nSPS) is 20.1. The van der Waals surface area contributed by atoms with Crippen molar-refractivity contribution < 1.29 is 24.3 Å². The first kappa shape index (κ1) is 24.3. The SMILES string of the molecule is CON=C(C(=O)NC1C(=O)N2C(C(=O)O)=C(CSc3nnc(CN)s3)CS[C@H]12)c1nsc(N)n1. The number of carboxylic acids is 1.